The van der Waals surface area contributed by atoms with Crippen LogP contribution in [-0.4, -0.2) is 54.7 Å². The molecule has 10 heteroatoms. The quantitative estimate of drug-likeness (QED) is 0.292. The number of rotatable bonds is 7. The summed E-state index contributed by atoms with van der Waals surface area (Å²) in [5, 5.41) is 9.62. The lowest BCUT2D eigenvalue weighted by atomic mass is 9.92. The zero-order valence-electron chi connectivity index (χ0n) is 24.1. The maximum Gasteiger partial charge on any atom is 0.419 e. The smallest absolute Gasteiger partial charge is 0.419 e. The summed E-state index contributed by atoms with van der Waals surface area (Å²) < 4.78 is 61.3. The number of aliphatic hydroxyl groups is 1. The van der Waals surface area contributed by atoms with Crippen molar-refractivity contribution in [3.05, 3.63) is 70.6 Å². The fourth-order valence-electron chi connectivity index (χ4n) is 7.28. The lowest BCUT2D eigenvalue weighted by Gasteiger charge is -2.35. The molecule has 43 heavy (non-hydrogen) atoms. The summed E-state index contributed by atoms with van der Waals surface area (Å²) in [4.78, 5) is 31.0. The Hall–Kier alpha value is -3.40. The Bertz CT molecular complexity index is 1440. The van der Waals surface area contributed by atoms with Gasteiger partial charge in [-0.2, -0.15) is 13.2 Å². The second-order valence-electron chi connectivity index (χ2n) is 12.4. The number of methoxy groups -OCH3 is 1. The van der Waals surface area contributed by atoms with E-state index in [-0.39, 0.29) is 52.8 Å². The van der Waals surface area contributed by atoms with Gasteiger partial charge in [0.25, 0.3) is 11.8 Å². The summed E-state index contributed by atoms with van der Waals surface area (Å²) in [5.74, 6) is -1.36. The van der Waals surface area contributed by atoms with Crippen molar-refractivity contribution in [3.8, 4) is 5.75 Å². The predicted octanol–water partition coefficient (Wildman–Crippen LogP) is 6.48. The Labute approximate surface area is 248 Å². The highest BCUT2D eigenvalue weighted by Crippen LogP contribution is 2.53. The van der Waals surface area contributed by atoms with E-state index < -0.39 is 29.5 Å². The van der Waals surface area contributed by atoms with Crippen LogP contribution in [0.15, 0.2) is 48.0 Å². The number of ether oxygens (including phenoxy) is 1. The fraction of sp³-hybridized carbons (Fsp3) is 0.515. The summed E-state index contributed by atoms with van der Waals surface area (Å²) in [6, 6.07) is 6.82. The standard InChI is InChI=1S/C33H36F4N2O4/c1-43-30-11-7-22(31(41)38-12-2-3-20(17-38)18-40)14-26(30)32(42)39(23-8-10-28(34)27(16-23)33(35,36)37)29-15-21-6-9-24(29)25(21)13-19-4-5-19/h7-8,10-11,13-14,16,19-21,24,29,40H,2-6,9,12,15,17-18H2,1H3/b25-13-/t20?,21-,24-,29-/m1/s1. The van der Waals surface area contributed by atoms with Gasteiger partial charge >= 0.3 is 6.18 Å². The number of piperidine rings is 1. The van der Waals surface area contributed by atoms with Crippen LogP contribution in [-0.2, 0) is 6.18 Å². The van der Waals surface area contributed by atoms with Crippen LogP contribution >= 0.6 is 0 Å². The van der Waals surface area contributed by atoms with Gasteiger partial charge in [-0.25, -0.2) is 4.39 Å². The van der Waals surface area contributed by atoms with Crippen molar-refractivity contribution < 1.29 is 37.0 Å². The average molecular weight is 601 g/mol. The van der Waals surface area contributed by atoms with Crippen molar-refractivity contribution in [1.82, 2.24) is 4.90 Å². The normalized spacial score (nSPS) is 26.2. The predicted molar refractivity (Wildman–Crippen MR) is 152 cm³/mol. The number of nitrogens with zero attached hydrogens (tertiary/aromatic N) is 2. The fourth-order valence-corrected chi connectivity index (χ4v) is 7.28. The zero-order chi connectivity index (χ0) is 30.5. The highest BCUT2D eigenvalue weighted by atomic mass is 19.4. The summed E-state index contributed by atoms with van der Waals surface area (Å²) in [7, 11) is 1.39. The van der Waals surface area contributed by atoms with Crippen LogP contribution in [0.4, 0.5) is 23.2 Å². The topological polar surface area (TPSA) is 70.1 Å². The van der Waals surface area contributed by atoms with Crippen molar-refractivity contribution in [2.45, 2.75) is 57.2 Å². The van der Waals surface area contributed by atoms with Crippen LogP contribution in [0.1, 0.15) is 71.2 Å². The number of alkyl halides is 3. The highest BCUT2D eigenvalue weighted by molar-refractivity contribution is 6.10. The minimum Gasteiger partial charge on any atom is -0.496 e. The SMILES string of the molecule is COc1ccc(C(=O)N2CCCC(CO)C2)cc1C(=O)N(c1ccc(F)c(C(F)(F)F)c1)[C@@H]1C[C@H]2CC[C@@H]1/C2=C\C1CC1. The largest absolute Gasteiger partial charge is 0.496 e. The summed E-state index contributed by atoms with van der Waals surface area (Å²) in [6.45, 7) is 0.894. The molecule has 1 N–H and O–H groups in total. The van der Waals surface area contributed by atoms with E-state index >= 15 is 0 Å². The van der Waals surface area contributed by atoms with Crippen molar-refractivity contribution in [3.63, 3.8) is 0 Å². The molecule has 3 saturated carbocycles. The Morgan fingerprint density at radius 1 is 1.09 bits per heavy atom. The molecule has 2 amide bonds. The molecular formula is C33H36F4N2O4. The number of halogens is 4. The maximum atomic E-state index is 14.5. The number of likely N-dealkylation sites (tertiary alicyclic amines) is 1. The van der Waals surface area contributed by atoms with E-state index in [1.807, 2.05) is 0 Å². The van der Waals surface area contributed by atoms with Gasteiger partial charge < -0.3 is 19.6 Å². The molecule has 0 aromatic heterocycles. The minimum absolute atomic E-state index is 0.00601. The Morgan fingerprint density at radius 3 is 2.58 bits per heavy atom. The molecule has 0 radical (unpaired) electrons. The molecule has 1 heterocycles. The Morgan fingerprint density at radius 2 is 1.88 bits per heavy atom. The molecule has 3 aliphatic carbocycles. The van der Waals surface area contributed by atoms with E-state index in [9.17, 15) is 32.3 Å². The molecule has 2 aromatic rings. The van der Waals surface area contributed by atoms with E-state index in [1.54, 1.807) is 11.0 Å². The van der Waals surface area contributed by atoms with Gasteiger partial charge in [0.05, 0.1) is 18.2 Å². The van der Waals surface area contributed by atoms with Gasteiger partial charge in [-0.05, 0) is 99.1 Å². The molecule has 230 valence electrons. The van der Waals surface area contributed by atoms with E-state index in [2.05, 4.69) is 6.08 Å². The number of allylic oxidation sites excluding steroid dienone is 1. The van der Waals surface area contributed by atoms with Crippen LogP contribution in [0.2, 0.25) is 0 Å². The van der Waals surface area contributed by atoms with Gasteiger partial charge in [-0.1, -0.05) is 11.6 Å². The highest BCUT2D eigenvalue weighted by Gasteiger charge is 2.49. The van der Waals surface area contributed by atoms with Gasteiger partial charge in [0.2, 0.25) is 0 Å². The number of carbonyl (C=O) groups is 2. The number of aliphatic hydroxyl groups excluding tert-OH is 1. The first-order valence-corrected chi connectivity index (χ1v) is 15.1. The van der Waals surface area contributed by atoms with Crippen LogP contribution in [0.3, 0.4) is 0 Å². The molecule has 6 rings (SSSR count). The van der Waals surface area contributed by atoms with Crippen LogP contribution in [0, 0.1) is 29.5 Å². The molecule has 4 aliphatic rings. The zero-order valence-corrected chi connectivity index (χ0v) is 24.1. The third-order valence-corrected chi connectivity index (χ3v) is 9.59. The van der Waals surface area contributed by atoms with Crippen molar-refractivity contribution >= 4 is 17.5 Å². The van der Waals surface area contributed by atoms with E-state index in [0.29, 0.717) is 31.5 Å². The molecule has 0 spiro atoms. The number of hydrogen-bond donors (Lipinski definition) is 1. The lowest BCUT2D eigenvalue weighted by Crippen LogP contribution is -2.44. The third kappa shape index (κ3) is 5.78. The van der Waals surface area contributed by atoms with Crippen molar-refractivity contribution in [2.75, 3.05) is 31.7 Å². The van der Waals surface area contributed by atoms with Gasteiger partial charge in [0.15, 0.2) is 0 Å². The lowest BCUT2D eigenvalue weighted by molar-refractivity contribution is -0.139. The molecule has 2 aromatic carbocycles. The molecule has 1 saturated heterocycles. The van der Waals surface area contributed by atoms with Gasteiger partial charge in [0, 0.05) is 42.9 Å². The van der Waals surface area contributed by atoms with Gasteiger partial charge in [-0.3, -0.25) is 9.59 Å². The van der Waals surface area contributed by atoms with Crippen LogP contribution in [0.25, 0.3) is 0 Å². The number of amides is 2. The van der Waals surface area contributed by atoms with Gasteiger partial charge in [0.1, 0.15) is 11.6 Å². The first-order valence-electron chi connectivity index (χ1n) is 15.1. The summed E-state index contributed by atoms with van der Waals surface area (Å²) in [6.07, 6.45) is 3.57. The Balaban J connectivity index is 1.41. The molecule has 4 fully saturated rings. The molecule has 2 bridgehead atoms. The summed E-state index contributed by atoms with van der Waals surface area (Å²) in [5.41, 5.74) is 0.113. The number of fused-ring (bicyclic) bond motifs is 2. The second kappa shape index (κ2) is 11.6. The molecule has 1 unspecified atom stereocenters. The van der Waals surface area contributed by atoms with Crippen LogP contribution in [0.5, 0.6) is 5.75 Å². The summed E-state index contributed by atoms with van der Waals surface area (Å²) >= 11 is 0. The first kappa shape index (κ1) is 29.7. The molecular weight excluding hydrogens is 564 g/mol. The first-order chi connectivity index (χ1) is 20.6. The molecule has 4 atom stereocenters. The van der Waals surface area contributed by atoms with Crippen molar-refractivity contribution in [2.24, 2.45) is 23.7 Å². The number of hydrogen-bond acceptors (Lipinski definition) is 4. The average Bonchev–Trinajstić information content (AvgIpc) is 3.68. The number of benzene rings is 2. The second-order valence-corrected chi connectivity index (χ2v) is 12.4. The van der Waals surface area contributed by atoms with E-state index in [1.165, 1.54) is 35.8 Å². The maximum absolute atomic E-state index is 14.5. The van der Waals surface area contributed by atoms with Crippen LogP contribution < -0.4 is 9.64 Å². The molecule has 1 aliphatic heterocycles. The molecule has 6 nitrogen and oxygen atoms in total. The van der Waals surface area contributed by atoms with Crippen molar-refractivity contribution in [1.29, 1.82) is 0 Å². The minimum atomic E-state index is -4.94. The van der Waals surface area contributed by atoms with E-state index in [0.717, 1.165) is 44.6 Å². The Kier molecular flexibility index (Phi) is 8.00. The third-order valence-electron chi connectivity index (χ3n) is 9.59. The number of carbonyl (C=O) groups excluding carboxylic acids is 2. The van der Waals surface area contributed by atoms with Gasteiger partial charge in [-0.15, -0.1) is 0 Å². The number of anilines is 1. The monoisotopic (exact) mass is 600 g/mol. The van der Waals surface area contributed by atoms with E-state index in [4.69, 9.17) is 4.74 Å².